The normalized spacial score (nSPS) is 15.7. The van der Waals surface area contributed by atoms with E-state index in [1.165, 1.54) is 0 Å². The first-order valence-electron chi connectivity index (χ1n) is 9.67. The molecule has 0 saturated carbocycles. The maximum Gasteiger partial charge on any atom is 0.252 e. The summed E-state index contributed by atoms with van der Waals surface area (Å²) in [6, 6.07) is 9.44. The number of carbonyl (C=O) groups excluding carboxylic acids is 1. The quantitative estimate of drug-likeness (QED) is 0.662. The number of halogens is 1. The topological polar surface area (TPSA) is 85.0 Å². The lowest BCUT2D eigenvalue weighted by molar-refractivity contribution is -0.126. The largest absolute Gasteiger partial charge is 0.441 e. The minimum absolute atomic E-state index is 0. The van der Waals surface area contributed by atoms with E-state index < -0.39 is 5.54 Å². The summed E-state index contributed by atoms with van der Waals surface area (Å²) in [6.07, 6.45) is 6.75. The van der Waals surface area contributed by atoms with Gasteiger partial charge in [-0.3, -0.25) is 9.48 Å². The lowest BCUT2D eigenvalue weighted by Gasteiger charge is -2.36. The van der Waals surface area contributed by atoms with E-state index in [-0.39, 0.29) is 18.3 Å². The summed E-state index contributed by atoms with van der Waals surface area (Å²) in [4.78, 5) is 17.5. The average molecular weight is 416 g/mol. The van der Waals surface area contributed by atoms with Gasteiger partial charge in [0.25, 0.3) is 5.91 Å². The van der Waals surface area contributed by atoms with Crippen molar-refractivity contribution in [2.75, 3.05) is 18.4 Å². The summed E-state index contributed by atoms with van der Waals surface area (Å²) < 4.78 is 7.58. The molecule has 0 radical (unpaired) electrons. The molecule has 8 heteroatoms. The molecule has 1 aliphatic rings. The van der Waals surface area contributed by atoms with Crippen LogP contribution in [0, 0.1) is 0 Å². The molecule has 4 rings (SSSR count). The predicted molar refractivity (Wildman–Crippen MR) is 114 cm³/mol. The van der Waals surface area contributed by atoms with Gasteiger partial charge in [0.1, 0.15) is 11.3 Å². The van der Waals surface area contributed by atoms with Crippen LogP contribution in [0.4, 0.5) is 5.69 Å². The summed E-state index contributed by atoms with van der Waals surface area (Å²) >= 11 is 0. The van der Waals surface area contributed by atoms with Crippen molar-refractivity contribution in [1.29, 1.82) is 0 Å². The summed E-state index contributed by atoms with van der Waals surface area (Å²) in [6.45, 7) is 5.71. The van der Waals surface area contributed by atoms with Crippen molar-refractivity contribution in [3.8, 4) is 11.5 Å². The van der Waals surface area contributed by atoms with Crippen LogP contribution in [-0.4, -0.2) is 33.8 Å². The highest BCUT2D eigenvalue weighted by atomic mass is 35.5. The molecule has 1 aliphatic heterocycles. The first-order chi connectivity index (χ1) is 13.6. The number of hydrogen-bond donors (Lipinski definition) is 2. The molecule has 3 heterocycles. The van der Waals surface area contributed by atoms with Gasteiger partial charge in [-0.15, -0.1) is 12.4 Å². The van der Waals surface area contributed by atoms with Crippen molar-refractivity contribution in [3.63, 3.8) is 0 Å². The molecule has 1 fully saturated rings. The number of hydrogen-bond acceptors (Lipinski definition) is 5. The number of rotatable bonds is 5. The maximum absolute atomic E-state index is 13.2. The highest BCUT2D eigenvalue weighted by Gasteiger charge is 2.42. The smallest absolute Gasteiger partial charge is 0.252 e. The van der Waals surface area contributed by atoms with E-state index in [0.29, 0.717) is 24.7 Å². The van der Waals surface area contributed by atoms with Gasteiger partial charge in [0.05, 0.1) is 6.20 Å². The van der Waals surface area contributed by atoms with E-state index in [0.717, 1.165) is 30.1 Å². The van der Waals surface area contributed by atoms with E-state index in [1.54, 1.807) is 17.1 Å². The van der Waals surface area contributed by atoms with Crippen LogP contribution in [0.15, 0.2) is 53.3 Å². The summed E-state index contributed by atoms with van der Waals surface area (Å²) in [7, 11) is 0. The molecule has 7 nitrogen and oxygen atoms in total. The third-order valence-electron chi connectivity index (χ3n) is 5.28. The molecule has 0 atom stereocenters. The zero-order valence-corrected chi connectivity index (χ0v) is 17.4. The maximum atomic E-state index is 13.2. The van der Waals surface area contributed by atoms with Crippen LogP contribution in [0.5, 0.6) is 0 Å². The SMILES string of the molecule is CC(C)c1cnc(-c2ccc(NC(=O)C3(n4cccn4)CCNCC3)cc2)o1.Cl. The fourth-order valence-electron chi connectivity index (χ4n) is 3.55. The van der Waals surface area contributed by atoms with Crippen LogP contribution in [0.3, 0.4) is 0 Å². The van der Waals surface area contributed by atoms with E-state index in [4.69, 9.17) is 4.42 Å². The van der Waals surface area contributed by atoms with Gasteiger partial charge < -0.3 is 15.1 Å². The summed E-state index contributed by atoms with van der Waals surface area (Å²) in [5.41, 5.74) is 0.963. The Kier molecular flexibility index (Phi) is 6.39. The van der Waals surface area contributed by atoms with Gasteiger partial charge in [-0.1, -0.05) is 13.8 Å². The third-order valence-corrected chi connectivity index (χ3v) is 5.28. The minimum atomic E-state index is -0.665. The molecule has 0 unspecified atom stereocenters. The Balaban J connectivity index is 0.00000240. The Morgan fingerprint density at radius 3 is 2.55 bits per heavy atom. The van der Waals surface area contributed by atoms with Gasteiger partial charge in [-0.25, -0.2) is 4.98 Å². The zero-order valence-electron chi connectivity index (χ0n) is 16.6. The van der Waals surface area contributed by atoms with Crippen molar-refractivity contribution >= 4 is 24.0 Å². The van der Waals surface area contributed by atoms with Gasteiger partial charge in [-0.2, -0.15) is 5.10 Å². The van der Waals surface area contributed by atoms with Crippen LogP contribution in [0.25, 0.3) is 11.5 Å². The molecule has 1 saturated heterocycles. The van der Waals surface area contributed by atoms with Crippen molar-refractivity contribution in [3.05, 3.63) is 54.7 Å². The number of nitrogens with one attached hydrogen (secondary N) is 2. The number of aromatic nitrogens is 3. The number of amides is 1. The van der Waals surface area contributed by atoms with Gasteiger partial charge in [0, 0.05) is 29.6 Å². The second kappa shape index (κ2) is 8.80. The molecular formula is C21H26ClN5O2. The van der Waals surface area contributed by atoms with E-state index >= 15 is 0 Å². The van der Waals surface area contributed by atoms with E-state index in [2.05, 4.69) is 34.6 Å². The molecule has 2 N–H and O–H groups in total. The van der Waals surface area contributed by atoms with Crippen LogP contribution >= 0.6 is 12.4 Å². The molecule has 1 aromatic carbocycles. The molecule has 0 spiro atoms. The molecular weight excluding hydrogens is 390 g/mol. The molecule has 3 aromatic rings. The standard InChI is InChI=1S/C21H25N5O2.ClH/c1-15(2)18-14-23-19(28-18)16-4-6-17(7-5-16)25-20(27)21(8-11-22-12-9-21)26-13-3-10-24-26;/h3-7,10,13-15,22H,8-9,11-12H2,1-2H3,(H,25,27);1H. The number of benzene rings is 1. The lowest BCUT2D eigenvalue weighted by atomic mass is 9.87. The molecule has 154 valence electrons. The van der Waals surface area contributed by atoms with Crippen LogP contribution < -0.4 is 10.6 Å². The Hall–Kier alpha value is -2.64. The fraction of sp³-hybridized carbons (Fsp3) is 0.381. The Labute approximate surface area is 176 Å². The Morgan fingerprint density at radius 1 is 1.24 bits per heavy atom. The number of carbonyl (C=O) groups is 1. The zero-order chi connectivity index (χ0) is 19.6. The van der Waals surface area contributed by atoms with Crippen LogP contribution in [0.2, 0.25) is 0 Å². The minimum Gasteiger partial charge on any atom is -0.441 e. The van der Waals surface area contributed by atoms with Gasteiger partial charge in [-0.05, 0) is 56.3 Å². The first kappa shape index (κ1) is 21.1. The van der Waals surface area contributed by atoms with Crippen LogP contribution in [0.1, 0.15) is 38.4 Å². The molecule has 0 bridgehead atoms. The van der Waals surface area contributed by atoms with E-state index in [9.17, 15) is 4.79 Å². The monoisotopic (exact) mass is 415 g/mol. The molecule has 1 amide bonds. The van der Waals surface area contributed by atoms with Crippen LogP contribution in [-0.2, 0) is 10.3 Å². The van der Waals surface area contributed by atoms with Crippen molar-refractivity contribution in [2.24, 2.45) is 0 Å². The average Bonchev–Trinajstić information content (AvgIpc) is 3.41. The van der Waals surface area contributed by atoms with Gasteiger partial charge in [0.15, 0.2) is 0 Å². The third kappa shape index (κ3) is 4.21. The fourth-order valence-corrected chi connectivity index (χ4v) is 3.55. The van der Waals surface area contributed by atoms with Gasteiger partial charge in [0.2, 0.25) is 5.89 Å². The highest BCUT2D eigenvalue weighted by molar-refractivity contribution is 5.96. The highest BCUT2D eigenvalue weighted by Crippen LogP contribution is 2.29. The number of oxazole rings is 1. The predicted octanol–water partition coefficient (Wildman–Crippen LogP) is 3.80. The summed E-state index contributed by atoms with van der Waals surface area (Å²) in [5, 5.41) is 10.7. The molecule has 2 aromatic heterocycles. The molecule has 29 heavy (non-hydrogen) atoms. The Bertz CT molecular complexity index is 928. The van der Waals surface area contributed by atoms with Crippen molar-refractivity contribution in [2.45, 2.75) is 38.1 Å². The second-order valence-electron chi connectivity index (χ2n) is 7.49. The van der Waals surface area contributed by atoms with Gasteiger partial charge >= 0.3 is 0 Å². The summed E-state index contributed by atoms with van der Waals surface area (Å²) in [5.74, 6) is 1.71. The number of piperidine rings is 1. The molecule has 0 aliphatic carbocycles. The Morgan fingerprint density at radius 2 is 1.97 bits per heavy atom. The van der Waals surface area contributed by atoms with Crippen molar-refractivity contribution < 1.29 is 9.21 Å². The number of anilines is 1. The van der Waals surface area contributed by atoms with Crippen molar-refractivity contribution in [1.82, 2.24) is 20.1 Å². The lowest BCUT2D eigenvalue weighted by Crippen LogP contribution is -2.52. The number of nitrogens with zero attached hydrogens (tertiary/aromatic N) is 3. The first-order valence-corrected chi connectivity index (χ1v) is 9.67. The van der Waals surface area contributed by atoms with E-state index in [1.807, 2.05) is 36.5 Å². The second-order valence-corrected chi connectivity index (χ2v) is 7.49.